The molecule has 8 nitrogen and oxygen atoms in total. The molecule has 35 heavy (non-hydrogen) atoms. The third kappa shape index (κ3) is 6.88. The molecule has 3 amide bonds. The number of rotatable bonds is 8. The maximum atomic E-state index is 12.6. The molecular weight excluding hydrogens is 493 g/mol. The van der Waals surface area contributed by atoms with E-state index in [1.165, 1.54) is 30.3 Å². The Kier molecular flexibility index (Phi) is 8.94. The number of ether oxygens (including phenoxy) is 2. The third-order valence-corrected chi connectivity index (χ3v) is 5.20. The normalized spacial score (nSPS) is 10.3. The Labute approximate surface area is 212 Å². The maximum absolute atomic E-state index is 12.6. The van der Waals surface area contributed by atoms with Gasteiger partial charge in [-0.2, -0.15) is 0 Å². The minimum Gasteiger partial charge on any atom is -0.490 e. The van der Waals surface area contributed by atoms with Gasteiger partial charge in [0.05, 0.1) is 23.8 Å². The van der Waals surface area contributed by atoms with Gasteiger partial charge in [0.1, 0.15) is 0 Å². The van der Waals surface area contributed by atoms with Gasteiger partial charge < -0.3 is 14.8 Å². The summed E-state index contributed by atoms with van der Waals surface area (Å²) in [5.41, 5.74) is 5.82. The molecule has 3 N–H and O–H groups in total. The van der Waals surface area contributed by atoms with Crippen LogP contribution in [0.15, 0.2) is 60.7 Å². The van der Waals surface area contributed by atoms with E-state index >= 15 is 0 Å². The van der Waals surface area contributed by atoms with Crippen LogP contribution in [0.25, 0.3) is 0 Å². The Morgan fingerprint density at radius 2 is 1.40 bits per heavy atom. The number of hydrogen-bond donors (Lipinski definition) is 3. The zero-order valence-electron chi connectivity index (χ0n) is 19.0. The molecule has 0 spiro atoms. The summed E-state index contributed by atoms with van der Waals surface area (Å²) in [6.45, 7) is 4.52. The molecule has 0 heterocycles. The van der Waals surface area contributed by atoms with E-state index in [4.69, 9.17) is 32.7 Å². The van der Waals surface area contributed by atoms with Crippen molar-refractivity contribution in [3.05, 3.63) is 87.4 Å². The van der Waals surface area contributed by atoms with E-state index in [2.05, 4.69) is 16.2 Å². The number of benzene rings is 3. The van der Waals surface area contributed by atoms with Crippen LogP contribution in [0.1, 0.15) is 44.9 Å². The molecule has 0 aliphatic rings. The van der Waals surface area contributed by atoms with Crippen molar-refractivity contribution < 1.29 is 23.9 Å². The molecule has 0 aliphatic heterocycles. The predicted octanol–water partition coefficient (Wildman–Crippen LogP) is 5.12. The van der Waals surface area contributed by atoms with Gasteiger partial charge in [-0.25, -0.2) is 0 Å². The van der Waals surface area contributed by atoms with Gasteiger partial charge in [0.25, 0.3) is 17.7 Å². The number of amides is 3. The highest BCUT2D eigenvalue weighted by atomic mass is 35.5. The topological polar surface area (TPSA) is 106 Å². The number of carbonyl (C=O) groups excluding carboxylic acids is 3. The van der Waals surface area contributed by atoms with Crippen molar-refractivity contribution in [3.63, 3.8) is 0 Å². The maximum Gasteiger partial charge on any atom is 0.269 e. The second-order valence-electron chi connectivity index (χ2n) is 7.09. The van der Waals surface area contributed by atoms with E-state index in [-0.39, 0.29) is 21.7 Å². The van der Waals surface area contributed by atoms with Gasteiger partial charge in [-0.15, -0.1) is 0 Å². The lowest BCUT2D eigenvalue weighted by atomic mass is 10.1. The summed E-state index contributed by atoms with van der Waals surface area (Å²) >= 11 is 11.9. The summed E-state index contributed by atoms with van der Waals surface area (Å²) in [7, 11) is 0. The first-order valence-electron chi connectivity index (χ1n) is 10.7. The van der Waals surface area contributed by atoms with E-state index in [9.17, 15) is 14.4 Å². The van der Waals surface area contributed by atoms with E-state index in [1.807, 2.05) is 13.8 Å². The first-order chi connectivity index (χ1) is 16.8. The van der Waals surface area contributed by atoms with Crippen LogP contribution in [-0.4, -0.2) is 30.9 Å². The summed E-state index contributed by atoms with van der Waals surface area (Å²) in [6.07, 6.45) is 0. The fourth-order valence-corrected chi connectivity index (χ4v) is 3.55. The molecule has 0 unspecified atom stereocenters. The Balaban J connectivity index is 1.64. The van der Waals surface area contributed by atoms with Crippen molar-refractivity contribution >= 4 is 46.6 Å². The second-order valence-corrected chi connectivity index (χ2v) is 7.94. The molecule has 10 heteroatoms. The smallest absolute Gasteiger partial charge is 0.269 e. The van der Waals surface area contributed by atoms with Crippen LogP contribution in [-0.2, 0) is 0 Å². The standard InChI is InChI=1S/C25H23Cl2N3O5/c1-3-34-21-11-8-16(13-22(21)35-4-2)24(32)30-29-23(31)15-6-5-7-18(12-15)28-25(33)19-10-9-17(26)14-20(19)27/h5-14H,3-4H2,1-2H3,(H,28,33)(H,29,31)(H,30,32). The Morgan fingerprint density at radius 3 is 2.06 bits per heavy atom. The quantitative estimate of drug-likeness (QED) is 0.361. The first kappa shape index (κ1) is 25.9. The highest BCUT2D eigenvalue weighted by Crippen LogP contribution is 2.28. The van der Waals surface area contributed by atoms with Gasteiger partial charge in [-0.1, -0.05) is 29.3 Å². The molecule has 0 fully saturated rings. The molecule has 182 valence electrons. The number of halogens is 2. The molecule has 0 aliphatic carbocycles. The first-order valence-corrected chi connectivity index (χ1v) is 11.4. The molecule has 0 saturated carbocycles. The lowest BCUT2D eigenvalue weighted by Crippen LogP contribution is -2.41. The van der Waals surface area contributed by atoms with E-state index in [0.29, 0.717) is 35.4 Å². The highest BCUT2D eigenvalue weighted by Gasteiger charge is 2.15. The number of nitrogens with one attached hydrogen (secondary N) is 3. The van der Waals surface area contributed by atoms with Crippen molar-refractivity contribution in [2.45, 2.75) is 13.8 Å². The van der Waals surface area contributed by atoms with E-state index < -0.39 is 17.7 Å². The SMILES string of the molecule is CCOc1ccc(C(=O)NNC(=O)c2cccc(NC(=O)c3ccc(Cl)cc3Cl)c2)cc1OCC. The van der Waals surface area contributed by atoms with Crippen molar-refractivity contribution in [3.8, 4) is 11.5 Å². The van der Waals surface area contributed by atoms with Crippen LogP contribution >= 0.6 is 23.2 Å². The van der Waals surface area contributed by atoms with Crippen molar-refractivity contribution in [2.75, 3.05) is 18.5 Å². The van der Waals surface area contributed by atoms with Crippen LogP contribution in [0.5, 0.6) is 11.5 Å². The fourth-order valence-electron chi connectivity index (χ4n) is 3.06. The lowest BCUT2D eigenvalue weighted by molar-refractivity contribution is 0.0846. The second kappa shape index (κ2) is 12.1. The molecule has 0 bridgehead atoms. The summed E-state index contributed by atoms with van der Waals surface area (Å²) in [5, 5.41) is 3.29. The zero-order chi connectivity index (χ0) is 25.4. The highest BCUT2D eigenvalue weighted by molar-refractivity contribution is 6.37. The molecule has 0 aromatic heterocycles. The summed E-state index contributed by atoms with van der Waals surface area (Å²) in [5.74, 6) is -0.622. The molecular formula is C25H23Cl2N3O5. The van der Waals surface area contributed by atoms with Gasteiger partial charge in [-0.05, 0) is 68.4 Å². The Bertz CT molecular complexity index is 1250. The molecule has 0 saturated heterocycles. The summed E-state index contributed by atoms with van der Waals surface area (Å²) < 4.78 is 11.0. The van der Waals surface area contributed by atoms with Gasteiger partial charge in [0, 0.05) is 21.8 Å². The lowest BCUT2D eigenvalue weighted by Gasteiger charge is -2.13. The fraction of sp³-hybridized carbons (Fsp3) is 0.160. The van der Waals surface area contributed by atoms with E-state index in [1.54, 1.807) is 30.3 Å². The van der Waals surface area contributed by atoms with Gasteiger partial charge in [0.2, 0.25) is 0 Å². The minimum absolute atomic E-state index is 0.202. The monoisotopic (exact) mass is 515 g/mol. The van der Waals surface area contributed by atoms with Crippen LogP contribution in [0.4, 0.5) is 5.69 Å². The molecule has 3 aromatic rings. The molecule has 3 rings (SSSR count). The molecule has 3 aromatic carbocycles. The largest absolute Gasteiger partial charge is 0.490 e. The van der Waals surface area contributed by atoms with Gasteiger partial charge in [0.15, 0.2) is 11.5 Å². The number of hydrazine groups is 1. The third-order valence-electron chi connectivity index (χ3n) is 4.65. The van der Waals surface area contributed by atoms with Gasteiger partial charge >= 0.3 is 0 Å². The average Bonchev–Trinajstić information content (AvgIpc) is 2.83. The molecule has 0 radical (unpaired) electrons. The van der Waals surface area contributed by atoms with Crippen molar-refractivity contribution in [1.29, 1.82) is 0 Å². The number of carbonyl (C=O) groups is 3. The zero-order valence-corrected chi connectivity index (χ0v) is 20.5. The Hall–Kier alpha value is -3.75. The van der Waals surface area contributed by atoms with Crippen LogP contribution in [0.2, 0.25) is 10.0 Å². The van der Waals surface area contributed by atoms with Crippen LogP contribution in [0, 0.1) is 0 Å². The Morgan fingerprint density at radius 1 is 0.743 bits per heavy atom. The van der Waals surface area contributed by atoms with Gasteiger partial charge in [-0.3, -0.25) is 25.2 Å². The average molecular weight is 516 g/mol. The van der Waals surface area contributed by atoms with Crippen LogP contribution < -0.4 is 25.6 Å². The van der Waals surface area contributed by atoms with Crippen LogP contribution in [0.3, 0.4) is 0 Å². The van der Waals surface area contributed by atoms with Crippen molar-refractivity contribution in [2.24, 2.45) is 0 Å². The summed E-state index contributed by atoms with van der Waals surface area (Å²) in [4.78, 5) is 37.6. The number of anilines is 1. The predicted molar refractivity (Wildman–Crippen MR) is 135 cm³/mol. The summed E-state index contributed by atoms with van der Waals surface area (Å²) in [6, 6.07) is 15.5. The van der Waals surface area contributed by atoms with Crippen molar-refractivity contribution in [1.82, 2.24) is 10.9 Å². The molecule has 0 atom stereocenters. The van der Waals surface area contributed by atoms with E-state index in [0.717, 1.165) is 0 Å². The minimum atomic E-state index is -0.574. The number of hydrogen-bond acceptors (Lipinski definition) is 5.